The van der Waals surface area contributed by atoms with Crippen LogP contribution in [0.5, 0.6) is 0 Å². The van der Waals surface area contributed by atoms with Gasteiger partial charge in [-0.25, -0.2) is 0 Å². The van der Waals surface area contributed by atoms with E-state index < -0.39 is 0 Å². The fraction of sp³-hybridized carbons (Fsp3) is 0.438. The van der Waals surface area contributed by atoms with Crippen LogP contribution in [0, 0.1) is 17.8 Å². The van der Waals surface area contributed by atoms with E-state index >= 15 is 0 Å². The van der Waals surface area contributed by atoms with Crippen molar-refractivity contribution in [2.45, 2.75) is 32.1 Å². The number of hydrogen-bond donors (Lipinski definition) is 2. The molecule has 1 fully saturated rings. The van der Waals surface area contributed by atoms with Gasteiger partial charge in [0, 0.05) is 23.6 Å². The Morgan fingerprint density at radius 2 is 2.16 bits per heavy atom. The maximum Gasteiger partial charge on any atom is 0.227 e. The highest BCUT2D eigenvalue weighted by atomic mass is 16.2. The first-order valence-electron chi connectivity index (χ1n) is 6.80. The SMILES string of the molecule is O=C(Nc1cccc(C#CCCO)c1)C1CCCC1. The Bertz CT molecular complexity index is 493. The second-order valence-corrected chi connectivity index (χ2v) is 4.83. The summed E-state index contributed by atoms with van der Waals surface area (Å²) in [6, 6.07) is 7.53. The summed E-state index contributed by atoms with van der Waals surface area (Å²) in [5, 5.41) is 11.6. The Morgan fingerprint density at radius 1 is 1.37 bits per heavy atom. The highest BCUT2D eigenvalue weighted by Gasteiger charge is 2.22. The second-order valence-electron chi connectivity index (χ2n) is 4.83. The summed E-state index contributed by atoms with van der Waals surface area (Å²) >= 11 is 0. The van der Waals surface area contributed by atoms with E-state index in [-0.39, 0.29) is 18.4 Å². The van der Waals surface area contributed by atoms with Crippen molar-refractivity contribution in [1.29, 1.82) is 0 Å². The summed E-state index contributed by atoms with van der Waals surface area (Å²) in [7, 11) is 0. The van der Waals surface area contributed by atoms with E-state index in [1.807, 2.05) is 24.3 Å². The predicted molar refractivity (Wildman–Crippen MR) is 75.6 cm³/mol. The van der Waals surface area contributed by atoms with Crippen molar-refractivity contribution in [2.24, 2.45) is 5.92 Å². The third-order valence-corrected chi connectivity index (χ3v) is 3.33. The van der Waals surface area contributed by atoms with Gasteiger partial charge in [-0.05, 0) is 31.0 Å². The van der Waals surface area contributed by atoms with Crippen molar-refractivity contribution in [2.75, 3.05) is 11.9 Å². The molecule has 0 aliphatic heterocycles. The van der Waals surface area contributed by atoms with Gasteiger partial charge in [0.05, 0.1) is 6.61 Å². The molecule has 3 nitrogen and oxygen atoms in total. The summed E-state index contributed by atoms with van der Waals surface area (Å²) in [5.41, 5.74) is 1.66. The van der Waals surface area contributed by atoms with E-state index in [4.69, 9.17) is 5.11 Å². The summed E-state index contributed by atoms with van der Waals surface area (Å²) in [6.45, 7) is 0.0745. The number of carbonyl (C=O) groups excluding carboxylic acids is 1. The smallest absolute Gasteiger partial charge is 0.227 e. The Labute approximate surface area is 114 Å². The Kier molecular flexibility index (Phi) is 5.00. The van der Waals surface area contributed by atoms with Crippen LogP contribution < -0.4 is 5.32 Å². The minimum atomic E-state index is 0.0745. The fourth-order valence-electron chi connectivity index (χ4n) is 2.33. The van der Waals surface area contributed by atoms with Crippen molar-refractivity contribution >= 4 is 11.6 Å². The molecule has 2 N–H and O–H groups in total. The molecule has 0 atom stereocenters. The molecule has 2 rings (SSSR count). The zero-order chi connectivity index (χ0) is 13.5. The monoisotopic (exact) mass is 257 g/mol. The van der Waals surface area contributed by atoms with Crippen LogP contribution in [0.2, 0.25) is 0 Å². The topological polar surface area (TPSA) is 49.3 Å². The van der Waals surface area contributed by atoms with E-state index in [1.165, 1.54) is 0 Å². The first kappa shape index (κ1) is 13.6. The van der Waals surface area contributed by atoms with Crippen molar-refractivity contribution in [1.82, 2.24) is 0 Å². The lowest BCUT2D eigenvalue weighted by Crippen LogP contribution is -2.20. The van der Waals surface area contributed by atoms with Gasteiger partial charge in [0.15, 0.2) is 0 Å². The summed E-state index contributed by atoms with van der Waals surface area (Å²) in [6.07, 6.45) is 4.79. The molecule has 1 amide bonds. The summed E-state index contributed by atoms with van der Waals surface area (Å²) in [5.74, 6) is 6.14. The number of aliphatic hydroxyl groups is 1. The third kappa shape index (κ3) is 4.11. The van der Waals surface area contributed by atoms with Crippen LogP contribution in [0.15, 0.2) is 24.3 Å². The molecular formula is C16H19NO2. The van der Waals surface area contributed by atoms with E-state index in [2.05, 4.69) is 17.2 Å². The summed E-state index contributed by atoms with van der Waals surface area (Å²) in [4.78, 5) is 12.0. The van der Waals surface area contributed by atoms with Gasteiger partial charge < -0.3 is 10.4 Å². The number of rotatable bonds is 3. The number of benzene rings is 1. The van der Waals surface area contributed by atoms with Crippen LogP contribution in [-0.2, 0) is 4.79 Å². The molecule has 0 radical (unpaired) electrons. The van der Waals surface area contributed by atoms with Gasteiger partial charge in [-0.15, -0.1) is 0 Å². The average Bonchev–Trinajstić information content (AvgIpc) is 2.93. The van der Waals surface area contributed by atoms with Gasteiger partial charge in [-0.3, -0.25) is 4.79 Å². The van der Waals surface area contributed by atoms with Gasteiger partial charge in [0.2, 0.25) is 5.91 Å². The van der Waals surface area contributed by atoms with Gasteiger partial charge in [0.25, 0.3) is 0 Å². The number of aliphatic hydroxyl groups excluding tert-OH is 1. The molecule has 1 aliphatic rings. The lowest BCUT2D eigenvalue weighted by Gasteiger charge is -2.10. The molecule has 0 aromatic heterocycles. The minimum absolute atomic E-state index is 0.0745. The van der Waals surface area contributed by atoms with Gasteiger partial charge in [-0.1, -0.05) is 30.7 Å². The molecular weight excluding hydrogens is 238 g/mol. The average molecular weight is 257 g/mol. The van der Waals surface area contributed by atoms with E-state index in [0.29, 0.717) is 6.42 Å². The van der Waals surface area contributed by atoms with Crippen LogP contribution in [0.4, 0.5) is 5.69 Å². The molecule has 19 heavy (non-hydrogen) atoms. The quantitative estimate of drug-likeness (QED) is 0.818. The molecule has 1 aliphatic carbocycles. The van der Waals surface area contributed by atoms with Crippen molar-refractivity contribution in [3.05, 3.63) is 29.8 Å². The minimum Gasteiger partial charge on any atom is -0.395 e. The van der Waals surface area contributed by atoms with Crippen LogP contribution in [0.25, 0.3) is 0 Å². The fourth-order valence-corrected chi connectivity index (χ4v) is 2.33. The van der Waals surface area contributed by atoms with E-state index in [0.717, 1.165) is 36.9 Å². The third-order valence-electron chi connectivity index (χ3n) is 3.33. The maximum absolute atomic E-state index is 12.0. The van der Waals surface area contributed by atoms with Gasteiger partial charge in [0.1, 0.15) is 0 Å². The summed E-state index contributed by atoms with van der Waals surface area (Å²) < 4.78 is 0. The molecule has 0 heterocycles. The van der Waals surface area contributed by atoms with Crippen LogP contribution in [0.3, 0.4) is 0 Å². The molecule has 0 spiro atoms. The molecule has 1 saturated carbocycles. The van der Waals surface area contributed by atoms with Gasteiger partial charge in [-0.2, -0.15) is 0 Å². The van der Waals surface area contributed by atoms with Crippen LogP contribution in [-0.4, -0.2) is 17.6 Å². The second kappa shape index (κ2) is 6.96. The Morgan fingerprint density at radius 3 is 2.89 bits per heavy atom. The normalized spacial score (nSPS) is 14.8. The van der Waals surface area contributed by atoms with Crippen LogP contribution in [0.1, 0.15) is 37.7 Å². The molecule has 0 bridgehead atoms. The maximum atomic E-state index is 12.0. The standard InChI is InChI=1S/C16H19NO2/c18-11-4-3-6-13-7-5-10-15(12-13)17-16(19)14-8-1-2-9-14/h5,7,10,12,14,18H,1-2,4,8-9,11H2,(H,17,19). The zero-order valence-corrected chi connectivity index (χ0v) is 11.0. The van der Waals surface area contributed by atoms with Gasteiger partial charge >= 0.3 is 0 Å². The Hall–Kier alpha value is -1.79. The molecule has 100 valence electrons. The van der Waals surface area contributed by atoms with Crippen molar-refractivity contribution in [3.8, 4) is 11.8 Å². The lowest BCUT2D eigenvalue weighted by atomic mass is 10.1. The number of amides is 1. The molecule has 0 saturated heterocycles. The largest absolute Gasteiger partial charge is 0.395 e. The number of hydrogen-bond acceptors (Lipinski definition) is 2. The number of anilines is 1. The Balaban J connectivity index is 1.98. The first-order valence-corrected chi connectivity index (χ1v) is 6.80. The van der Waals surface area contributed by atoms with Crippen molar-refractivity contribution in [3.63, 3.8) is 0 Å². The van der Waals surface area contributed by atoms with E-state index in [9.17, 15) is 4.79 Å². The molecule has 0 unspecified atom stereocenters. The number of carbonyl (C=O) groups is 1. The predicted octanol–water partition coefficient (Wildman–Crippen LogP) is 2.55. The molecule has 1 aromatic rings. The highest BCUT2D eigenvalue weighted by Crippen LogP contribution is 2.26. The van der Waals surface area contributed by atoms with E-state index in [1.54, 1.807) is 0 Å². The number of nitrogens with one attached hydrogen (secondary N) is 1. The van der Waals surface area contributed by atoms with Crippen LogP contribution >= 0.6 is 0 Å². The molecule has 3 heteroatoms. The highest BCUT2D eigenvalue weighted by molar-refractivity contribution is 5.92. The first-order chi connectivity index (χ1) is 9.29. The zero-order valence-electron chi connectivity index (χ0n) is 11.0. The molecule has 1 aromatic carbocycles. The van der Waals surface area contributed by atoms with Crippen molar-refractivity contribution < 1.29 is 9.90 Å². The lowest BCUT2D eigenvalue weighted by molar-refractivity contribution is -0.119.